The smallest absolute Gasteiger partial charge is 0.314 e. The Kier molecular flexibility index (Phi) is 7.96. The monoisotopic (exact) mass is 535 g/mol. The molecule has 0 aromatic carbocycles. The van der Waals surface area contributed by atoms with Crippen molar-refractivity contribution in [2.45, 2.75) is 44.3 Å². The molecule has 2 aromatic rings. The Hall–Kier alpha value is -2.96. The van der Waals surface area contributed by atoms with Crippen molar-refractivity contribution in [1.82, 2.24) is 30.4 Å². The first kappa shape index (κ1) is 26.1. The van der Waals surface area contributed by atoms with Crippen molar-refractivity contribution in [2.75, 3.05) is 33.0 Å². The van der Waals surface area contributed by atoms with E-state index in [0.29, 0.717) is 35.2 Å². The van der Waals surface area contributed by atoms with Crippen molar-refractivity contribution in [1.29, 1.82) is 0 Å². The average molecular weight is 536 g/mol. The predicted molar refractivity (Wildman–Crippen MR) is 136 cm³/mol. The lowest BCUT2D eigenvalue weighted by Gasteiger charge is -2.37. The molecule has 1 fully saturated rings. The second-order valence-corrected chi connectivity index (χ2v) is 10.9. The Labute approximate surface area is 218 Å². The number of H-pyrrole nitrogens is 1. The number of rotatable bonds is 5. The van der Waals surface area contributed by atoms with Crippen LogP contribution in [0.4, 0.5) is 5.82 Å². The Bertz CT molecular complexity index is 1160. The lowest BCUT2D eigenvalue weighted by atomic mass is 9.81. The lowest BCUT2D eigenvalue weighted by Crippen LogP contribution is -2.57. The van der Waals surface area contributed by atoms with Gasteiger partial charge in [-0.25, -0.2) is 4.98 Å². The van der Waals surface area contributed by atoms with Gasteiger partial charge in [0.15, 0.2) is 5.01 Å². The molecule has 3 heterocycles. The van der Waals surface area contributed by atoms with Crippen molar-refractivity contribution in [3.63, 3.8) is 0 Å². The number of carbonyl (C=O) groups is 4. The fraction of sp³-hybridized carbons (Fsp3) is 0.522. The summed E-state index contributed by atoms with van der Waals surface area (Å²) in [5.41, 5.74) is 0.943. The SMILES string of the molecule is CN1CCc2nc(C(=O)N[C@@H]3C[C@@H](C(=O)N(C)C)CC[C@@H]3NC(=O)C(=O)Nc3ccc(Cl)[nH]3)sc2C1. The normalized spacial score (nSPS) is 21.8. The number of likely N-dealkylation sites (N-methyl/N-ethyl adjacent to an activating group) is 1. The molecule has 0 saturated heterocycles. The molecule has 11 nitrogen and oxygen atoms in total. The molecule has 2 aromatic heterocycles. The second-order valence-electron chi connectivity index (χ2n) is 9.45. The van der Waals surface area contributed by atoms with Gasteiger partial charge in [0, 0.05) is 50.4 Å². The number of carbonyl (C=O) groups excluding carboxylic acids is 4. The number of nitrogens with one attached hydrogen (secondary N) is 4. The van der Waals surface area contributed by atoms with E-state index < -0.39 is 23.9 Å². The summed E-state index contributed by atoms with van der Waals surface area (Å²) in [5, 5.41) is 8.86. The van der Waals surface area contributed by atoms with Gasteiger partial charge in [-0.2, -0.15) is 0 Å². The largest absolute Gasteiger partial charge is 0.349 e. The number of hydrogen-bond donors (Lipinski definition) is 4. The molecule has 1 aliphatic heterocycles. The van der Waals surface area contributed by atoms with Crippen molar-refractivity contribution in [3.05, 3.63) is 32.9 Å². The number of hydrogen-bond acceptors (Lipinski definition) is 7. The summed E-state index contributed by atoms with van der Waals surface area (Å²) in [6.45, 7) is 1.64. The minimum atomic E-state index is -0.859. The molecule has 0 bridgehead atoms. The van der Waals surface area contributed by atoms with Crippen molar-refractivity contribution in [2.24, 2.45) is 5.92 Å². The highest BCUT2D eigenvalue weighted by atomic mass is 35.5. The van der Waals surface area contributed by atoms with Gasteiger partial charge in [0.1, 0.15) is 11.0 Å². The lowest BCUT2D eigenvalue weighted by molar-refractivity contribution is -0.137. The number of aromatic nitrogens is 2. The molecular formula is C23H30ClN7O4S. The third-order valence-corrected chi connectivity index (χ3v) is 7.80. The number of halogens is 1. The molecule has 1 saturated carbocycles. The highest BCUT2D eigenvalue weighted by Crippen LogP contribution is 2.28. The van der Waals surface area contributed by atoms with Crippen LogP contribution < -0.4 is 16.0 Å². The first-order valence-electron chi connectivity index (χ1n) is 11.8. The van der Waals surface area contributed by atoms with Gasteiger partial charge >= 0.3 is 11.8 Å². The van der Waals surface area contributed by atoms with Crippen molar-refractivity contribution in [3.8, 4) is 0 Å². The minimum Gasteiger partial charge on any atom is -0.349 e. The van der Waals surface area contributed by atoms with Crippen LogP contribution in [0.5, 0.6) is 0 Å². The molecule has 4 N–H and O–H groups in total. The maximum atomic E-state index is 13.2. The van der Waals surface area contributed by atoms with Gasteiger partial charge in [-0.05, 0) is 38.4 Å². The molecule has 36 heavy (non-hydrogen) atoms. The number of amides is 4. The van der Waals surface area contributed by atoms with Crippen LogP contribution in [0.25, 0.3) is 0 Å². The summed E-state index contributed by atoms with van der Waals surface area (Å²) in [6, 6.07) is 2.03. The molecule has 0 spiro atoms. The summed E-state index contributed by atoms with van der Waals surface area (Å²) in [5.74, 6) is -2.08. The number of anilines is 1. The summed E-state index contributed by atoms with van der Waals surface area (Å²) >= 11 is 7.18. The molecule has 13 heteroatoms. The van der Waals surface area contributed by atoms with Crippen LogP contribution in [-0.4, -0.2) is 83.2 Å². The van der Waals surface area contributed by atoms with Gasteiger partial charge < -0.3 is 30.7 Å². The number of nitrogens with zero attached hydrogens (tertiary/aromatic N) is 3. The van der Waals surface area contributed by atoms with E-state index in [4.69, 9.17) is 11.6 Å². The molecule has 0 radical (unpaired) electrons. The zero-order valence-electron chi connectivity index (χ0n) is 20.4. The van der Waals surface area contributed by atoms with Crippen molar-refractivity contribution < 1.29 is 19.2 Å². The fourth-order valence-electron chi connectivity index (χ4n) is 4.60. The van der Waals surface area contributed by atoms with Gasteiger partial charge in [0.25, 0.3) is 5.91 Å². The first-order chi connectivity index (χ1) is 17.1. The summed E-state index contributed by atoms with van der Waals surface area (Å²) < 4.78 is 0. The Balaban J connectivity index is 1.46. The predicted octanol–water partition coefficient (Wildman–Crippen LogP) is 1.22. The second kappa shape index (κ2) is 11.0. The molecule has 2 aliphatic rings. The van der Waals surface area contributed by atoms with E-state index in [2.05, 4.69) is 30.8 Å². The van der Waals surface area contributed by atoms with Crippen LogP contribution in [0.1, 0.15) is 39.6 Å². The molecule has 4 rings (SSSR count). The summed E-state index contributed by atoms with van der Waals surface area (Å²) in [7, 11) is 5.41. The first-order valence-corrected chi connectivity index (χ1v) is 13.0. The van der Waals surface area contributed by atoms with Crippen LogP contribution in [0, 0.1) is 5.92 Å². The van der Waals surface area contributed by atoms with Crippen LogP contribution >= 0.6 is 22.9 Å². The molecule has 3 atom stereocenters. The molecular weight excluding hydrogens is 506 g/mol. The average Bonchev–Trinajstić information content (AvgIpc) is 3.44. The van der Waals surface area contributed by atoms with Gasteiger partial charge in [-0.1, -0.05) is 11.6 Å². The van der Waals surface area contributed by atoms with Crippen LogP contribution in [-0.2, 0) is 27.3 Å². The zero-order valence-corrected chi connectivity index (χ0v) is 22.0. The standard InChI is InChI=1S/C23H30ClN7O4S/c1-30(2)23(35)12-4-5-13(25-19(32)20(33)29-18-7-6-17(24)28-18)15(10-12)26-21(34)22-27-14-8-9-31(3)11-16(14)36-22/h6-7,12-13,15,28H,4-5,8-11H2,1-3H3,(H,25,32)(H,26,34)(H,29,33)/t12-,13-,15+/m0/s1. The number of fused-ring (bicyclic) bond motifs is 1. The topological polar surface area (TPSA) is 140 Å². The van der Waals surface area contributed by atoms with E-state index in [0.717, 1.165) is 30.1 Å². The quantitative estimate of drug-likeness (QED) is 0.424. The van der Waals surface area contributed by atoms with Crippen LogP contribution in [0.3, 0.4) is 0 Å². The number of thiazole rings is 1. The molecule has 4 amide bonds. The van der Waals surface area contributed by atoms with Crippen molar-refractivity contribution >= 4 is 52.4 Å². The van der Waals surface area contributed by atoms with E-state index in [1.54, 1.807) is 26.2 Å². The van der Waals surface area contributed by atoms with E-state index in [9.17, 15) is 19.2 Å². The third kappa shape index (κ3) is 6.05. The van der Waals surface area contributed by atoms with E-state index >= 15 is 0 Å². The van der Waals surface area contributed by atoms with Crippen LogP contribution in [0.2, 0.25) is 5.15 Å². The molecule has 194 valence electrons. The Morgan fingerprint density at radius 3 is 2.61 bits per heavy atom. The highest BCUT2D eigenvalue weighted by Gasteiger charge is 2.37. The van der Waals surface area contributed by atoms with E-state index in [1.165, 1.54) is 16.2 Å². The summed E-state index contributed by atoms with van der Waals surface area (Å²) in [4.78, 5) is 62.9. The zero-order chi connectivity index (χ0) is 26.0. The maximum absolute atomic E-state index is 13.2. The Morgan fingerprint density at radius 2 is 1.92 bits per heavy atom. The van der Waals surface area contributed by atoms with Crippen LogP contribution in [0.15, 0.2) is 12.1 Å². The number of aromatic amines is 1. The maximum Gasteiger partial charge on any atom is 0.314 e. The Morgan fingerprint density at radius 1 is 1.14 bits per heavy atom. The molecule has 0 unspecified atom stereocenters. The summed E-state index contributed by atoms with van der Waals surface area (Å²) in [6.07, 6.45) is 2.09. The van der Waals surface area contributed by atoms with E-state index in [-0.39, 0.29) is 17.7 Å². The minimum absolute atomic E-state index is 0.0341. The van der Waals surface area contributed by atoms with Gasteiger partial charge in [-0.15, -0.1) is 11.3 Å². The van der Waals surface area contributed by atoms with Gasteiger partial charge in [0.05, 0.1) is 11.7 Å². The highest BCUT2D eigenvalue weighted by molar-refractivity contribution is 7.13. The van der Waals surface area contributed by atoms with Gasteiger partial charge in [-0.3, -0.25) is 19.2 Å². The third-order valence-electron chi connectivity index (χ3n) is 6.49. The molecule has 1 aliphatic carbocycles. The van der Waals surface area contributed by atoms with E-state index in [1.807, 2.05) is 7.05 Å². The fourth-order valence-corrected chi connectivity index (χ4v) is 5.85. The van der Waals surface area contributed by atoms with Gasteiger partial charge in [0.2, 0.25) is 5.91 Å².